The lowest BCUT2D eigenvalue weighted by Crippen LogP contribution is -2.19. The standard InChI is InChI=1S/C13H11BrClFN2/c1-17-13(11-2-3-18-7-12(11)16)8-4-9(14)6-10(15)5-8/h2-7,13,17H,1H3. The van der Waals surface area contributed by atoms with Gasteiger partial charge in [0.2, 0.25) is 0 Å². The van der Waals surface area contributed by atoms with Crippen LogP contribution in [0, 0.1) is 5.82 Å². The molecule has 1 aromatic heterocycles. The van der Waals surface area contributed by atoms with Crippen molar-refractivity contribution in [3.63, 3.8) is 0 Å². The van der Waals surface area contributed by atoms with Gasteiger partial charge in [-0.05, 0) is 36.9 Å². The Kier molecular flexibility index (Phi) is 4.32. The summed E-state index contributed by atoms with van der Waals surface area (Å²) in [5.41, 5.74) is 1.43. The van der Waals surface area contributed by atoms with E-state index < -0.39 is 0 Å². The highest BCUT2D eigenvalue weighted by Gasteiger charge is 2.16. The summed E-state index contributed by atoms with van der Waals surface area (Å²) in [7, 11) is 1.78. The molecule has 2 aromatic rings. The molecule has 1 unspecified atom stereocenters. The zero-order valence-corrected chi connectivity index (χ0v) is 12.0. The second-order valence-electron chi connectivity index (χ2n) is 3.82. The molecule has 1 N–H and O–H groups in total. The Morgan fingerprint density at radius 1 is 1.39 bits per heavy atom. The topological polar surface area (TPSA) is 24.9 Å². The second-order valence-corrected chi connectivity index (χ2v) is 5.17. The van der Waals surface area contributed by atoms with Crippen LogP contribution in [0.2, 0.25) is 5.02 Å². The van der Waals surface area contributed by atoms with E-state index in [1.807, 2.05) is 12.1 Å². The Balaban J connectivity index is 2.48. The molecular weight excluding hydrogens is 319 g/mol. The molecule has 1 aromatic carbocycles. The quantitative estimate of drug-likeness (QED) is 0.922. The lowest BCUT2D eigenvalue weighted by Gasteiger charge is -2.18. The first kappa shape index (κ1) is 13.5. The first-order chi connectivity index (χ1) is 8.61. The van der Waals surface area contributed by atoms with Crippen molar-refractivity contribution in [1.29, 1.82) is 0 Å². The van der Waals surface area contributed by atoms with Crippen molar-refractivity contribution in [2.45, 2.75) is 6.04 Å². The maximum atomic E-state index is 13.8. The molecule has 18 heavy (non-hydrogen) atoms. The van der Waals surface area contributed by atoms with E-state index in [0.717, 1.165) is 10.0 Å². The summed E-state index contributed by atoms with van der Waals surface area (Å²) in [5.74, 6) is -0.340. The SMILES string of the molecule is CNC(c1cc(Cl)cc(Br)c1)c1ccncc1F. The molecule has 5 heteroatoms. The molecule has 1 atom stereocenters. The van der Waals surface area contributed by atoms with E-state index >= 15 is 0 Å². The molecule has 0 saturated carbocycles. The molecule has 0 spiro atoms. The maximum absolute atomic E-state index is 13.8. The van der Waals surface area contributed by atoms with Crippen LogP contribution in [0.1, 0.15) is 17.2 Å². The molecule has 0 aliphatic carbocycles. The van der Waals surface area contributed by atoms with Gasteiger partial charge < -0.3 is 5.32 Å². The highest BCUT2D eigenvalue weighted by molar-refractivity contribution is 9.10. The van der Waals surface area contributed by atoms with E-state index in [4.69, 9.17) is 11.6 Å². The molecule has 0 amide bonds. The number of benzene rings is 1. The lowest BCUT2D eigenvalue weighted by molar-refractivity contribution is 0.570. The van der Waals surface area contributed by atoms with Crippen molar-refractivity contribution in [1.82, 2.24) is 10.3 Å². The molecule has 0 saturated heterocycles. The molecule has 1 heterocycles. The van der Waals surface area contributed by atoms with Crippen molar-refractivity contribution >= 4 is 27.5 Å². The van der Waals surface area contributed by atoms with Crippen LogP contribution in [0.3, 0.4) is 0 Å². The number of aromatic nitrogens is 1. The largest absolute Gasteiger partial charge is 0.309 e. The third-order valence-electron chi connectivity index (χ3n) is 2.62. The van der Waals surface area contributed by atoms with Gasteiger partial charge in [0.05, 0.1) is 12.2 Å². The average Bonchev–Trinajstić information content (AvgIpc) is 2.31. The number of nitrogens with zero attached hydrogens (tertiary/aromatic N) is 1. The molecule has 0 radical (unpaired) electrons. The van der Waals surface area contributed by atoms with E-state index in [1.165, 1.54) is 6.20 Å². The smallest absolute Gasteiger partial charge is 0.146 e. The third-order valence-corrected chi connectivity index (χ3v) is 3.30. The van der Waals surface area contributed by atoms with Gasteiger partial charge in [-0.25, -0.2) is 4.39 Å². The maximum Gasteiger partial charge on any atom is 0.146 e. The fourth-order valence-corrected chi connectivity index (χ4v) is 2.75. The van der Waals surface area contributed by atoms with E-state index in [-0.39, 0.29) is 11.9 Å². The van der Waals surface area contributed by atoms with Gasteiger partial charge in [0.25, 0.3) is 0 Å². The normalized spacial score (nSPS) is 12.4. The van der Waals surface area contributed by atoms with Crippen LogP contribution in [-0.2, 0) is 0 Å². The minimum Gasteiger partial charge on any atom is -0.309 e. The predicted molar refractivity (Wildman–Crippen MR) is 74.2 cm³/mol. The summed E-state index contributed by atoms with van der Waals surface area (Å²) in [5, 5.41) is 3.69. The summed E-state index contributed by atoms with van der Waals surface area (Å²) in [4.78, 5) is 3.75. The minimum atomic E-state index is -0.340. The van der Waals surface area contributed by atoms with Gasteiger partial charge in [0, 0.05) is 21.3 Å². The van der Waals surface area contributed by atoms with Crippen LogP contribution in [0.5, 0.6) is 0 Å². The van der Waals surface area contributed by atoms with Gasteiger partial charge in [-0.3, -0.25) is 4.98 Å². The van der Waals surface area contributed by atoms with Gasteiger partial charge in [-0.15, -0.1) is 0 Å². The van der Waals surface area contributed by atoms with E-state index in [2.05, 4.69) is 26.2 Å². The van der Waals surface area contributed by atoms with Crippen molar-refractivity contribution in [3.05, 3.63) is 63.1 Å². The predicted octanol–water partition coefficient (Wildman–Crippen LogP) is 3.95. The van der Waals surface area contributed by atoms with Crippen LogP contribution < -0.4 is 5.32 Å². The minimum absolute atomic E-state index is 0.261. The van der Waals surface area contributed by atoms with Crippen molar-refractivity contribution in [2.75, 3.05) is 7.05 Å². The summed E-state index contributed by atoms with van der Waals surface area (Å²) in [6.45, 7) is 0. The molecule has 0 aliphatic heterocycles. The van der Waals surface area contributed by atoms with E-state index in [9.17, 15) is 4.39 Å². The fraction of sp³-hybridized carbons (Fsp3) is 0.154. The first-order valence-electron chi connectivity index (χ1n) is 5.34. The van der Waals surface area contributed by atoms with E-state index in [0.29, 0.717) is 10.6 Å². The summed E-state index contributed by atoms with van der Waals surface area (Å²) in [6.07, 6.45) is 2.78. The highest BCUT2D eigenvalue weighted by atomic mass is 79.9. The molecule has 2 rings (SSSR count). The monoisotopic (exact) mass is 328 g/mol. The number of hydrogen-bond donors (Lipinski definition) is 1. The van der Waals surface area contributed by atoms with Gasteiger partial charge in [0.15, 0.2) is 0 Å². The molecule has 94 valence electrons. The number of pyridine rings is 1. The molecule has 0 aliphatic rings. The Labute approximate surface area is 118 Å². The third kappa shape index (κ3) is 2.88. The summed E-state index contributed by atoms with van der Waals surface area (Å²) in [6, 6.07) is 6.91. The molecule has 0 fully saturated rings. The summed E-state index contributed by atoms with van der Waals surface area (Å²) >= 11 is 9.40. The Bertz CT molecular complexity index is 542. The average molecular weight is 330 g/mol. The van der Waals surface area contributed by atoms with Gasteiger partial charge in [0.1, 0.15) is 5.82 Å². The Morgan fingerprint density at radius 2 is 2.17 bits per heavy atom. The highest BCUT2D eigenvalue weighted by Crippen LogP contribution is 2.28. The molecule has 2 nitrogen and oxygen atoms in total. The van der Waals surface area contributed by atoms with Gasteiger partial charge in [-0.1, -0.05) is 27.5 Å². The van der Waals surface area contributed by atoms with Crippen molar-refractivity contribution in [2.24, 2.45) is 0 Å². The van der Waals surface area contributed by atoms with Crippen LogP contribution >= 0.6 is 27.5 Å². The fourth-order valence-electron chi connectivity index (χ4n) is 1.86. The molecule has 0 bridgehead atoms. The number of halogens is 3. The zero-order valence-electron chi connectivity index (χ0n) is 9.62. The number of hydrogen-bond acceptors (Lipinski definition) is 2. The summed E-state index contributed by atoms with van der Waals surface area (Å²) < 4.78 is 14.6. The second kappa shape index (κ2) is 5.78. The van der Waals surface area contributed by atoms with E-state index in [1.54, 1.807) is 25.4 Å². The van der Waals surface area contributed by atoms with Crippen molar-refractivity contribution in [3.8, 4) is 0 Å². The van der Waals surface area contributed by atoms with Gasteiger partial charge >= 0.3 is 0 Å². The Hall–Kier alpha value is -0.970. The first-order valence-corrected chi connectivity index (χ1v) is 6.51. The Morgan fingerprint density at radius 3 is 2.78 bits per heavy atom. The van der Waals surface area contributed by atoms with Crippen LogP contribution in [-0.4, -0.2) is 12.0 Å². The van der Waals surface area contributed by atoms with Gasteiger partial charge in [-0.2, -0.15) is 0 Å². The van der Waals surface area contributed by atoms with Crippen LogP contribution in [0.25, 0.3) is 0 Å². The van der Waals surface area contributed by atoms with Crippen LogP contribution in [0.15, 0.2) is 41.1 Å². The zero-order chi connectivity index (χ0) is 13.1. The molecular formula is C13H11BrClFN2. The number of rotatable bonds is 3. The van der Waals surface area contributed by atoms with Crippen molar-refractivity contribution < 1.29 is 4.39 Å². The van der Waals surface area contributed by atoms with Crippen LogP contribution in [0.4, 0.5) is 4.39 Å². The lowest BCUT2D eigenvalue weighted by atomic mass is 9.99. The number of nitrogens with one attached hydrogen (secondary N) is 1.